The van der Waals surface area contributed by atoms with Gasteiger partial charge in [0.05, 0.1) is 13.2 Å². The summed E-state index contributed by atoms with van der Waals surface area (Å²) in [6.45, 7) is 3.72. The fourth-order valence-corrected chi connectivity index (χ4v) is 6.57. The van der Waals surface area contributed by atoms with Crippen LogP contribution in [0.25, 0.3) is 0 Å². The third kappa shape index (κ3) is 36.5. The molecule has 0 saturated carbocycles. The summed E-state index contributed by atoms with van der Waals surface area (Å²) in [5.74, 6) is -0.839. The highest BCUT2D eigenvalue weighted by atomic mass is 31.2. The molecule has 0 spiro atoms. The first-order valence-corrected chi connectivity index (χ1v) is 22.2. The molecular weight excluding hydrogens is 653 g/mol. The van der Waals surface area contributed by atoms with Gasteiger partial charge in [0.25, 0.3) is 0 Å². The van der Waals surface area contributed by atoms with E-state index in [1.807, 2.05) is 0 Å². The largest absolute Gasteiger partial charge is 0.472 e. The van der Waals surface area contributed by atoms with Crippen LogP contribution in [-0.4, -0.2) is 49.3 Å². The lowest BCUT2D eigenvalue weighted by atomic mass is 10.0. The number of rotatable bonds is 39. The summed E-state index contributed by atoms with van der Waals surface area (Å²) in [6.07, 6.45) is 36.7. The normalized spacial score (nSPS) is 13.4. The lowest BCUT2D eigenvalue weighted by molar-refractivity contribution is -0.161. The number of allylic oxidation sites excluding steroid dienone is 2. The molecule has 0 fully saturated rings. The second-order valence-electron chi connectivity index (χ2n) is 13.9. The Morgan fingerprint density at radius 1 is 0.580 bits per heavy atom. The molecule has 0 aromatic rings. The van der Waals surface area contributed by atoms with E-state index in [2.05, 4.69) is 26.0 Å². The molecule has 0 aliphatic rings. The van der Waals surface area contributed by atoms with Gasteiger partial charge in [0.2, 0.25) is 0 Å². The monoisotopic (exact) mass is 732 g/mol. The van der Waals surface area contributed by atoms with Gasteiger partial charge in [-0.3, -0.25) is 18.6 Å². The van der Waals surface area contributed by atoms with E-state index in [0.717, 1.165) is 38.5 Å². The third-order valence-electron chi connectivity index (χ3n) is 8.90. The van der Waals surface area contributed by atoms with E-state index in [1.54, 1.807) is 0 Å². The third-order valence-corrected chi connectivity index (χ3v) is 9.89. The zero-order chi connectivity index (χ0) is 36.8. The van der Waals surface area contributed by atoms with Gasteiger partial charge in [0.1, 0.15) is 6.61 Å². The average molecular weight is 732 g/mol. The van der Waals surface area contributed by atoms with Crippen LogP contribution in [-0.2, 0) is 32.7 Å². The fourth-order valence-electron chi connectivity index (χ4n) is 5.81. The van der Waals surface area contributed by atoms with E-state index in [0.29, 0.717) is 12.8 Å². The highest BCUT2D eigenvalue weighted by Crippen LogP contribution is 2.43. The van der Waals surface area contributed by atoms with Gasteiger partial charge < -0.3 is 20.1 Å². The number of phosphoric acid groups is 1. The number of nitrogens with two attached hydrogens (primary N) is 1. The molecule has 3 N–H and O–H groups in total. The van der Waals surface area contributed by atoms with Crippen molar-refractivity contribution in [1.82, 2.24) is 0 Å². The smallest absolute Gasteiger partial charge is 0.462 e. The van der Waals surface area contributed by atoms with Crippen molar-refractivity contribution in [2.45, 2.75) is 206 Å². The maximum Gasteiger partial charge on any atom is 0.472 e. The lowest BCUT2D eigenvalue weighted by Gasteiger charge is -2.19. The number of carbonyl (C=O) groups is 2. The Morgan fingerprint density at radius 3 is 1.44 bits per heavy atom. The summed E-state index contributed by atoms with van der Waals surface area (Å²) in [6, 6.07) is 0. The molecular formula is C40H78NO8P. The van der Waals surface area contributed by atoms with Crippen molar-refractivity contribution < 1.29 is 37.6 Å². The molecule has 50 heavy (non-hydrogen) atoms. The molecule has 0 aliphatic carbocycles. The van der Waals surface area contributed by atoms with Gasteiger partial charge in [-0.05, 0) is 38.5 Å². The van der Waals surface area contributed by atoms with E-state index in [1.165, 1.54) is 122 Å². The number of hydrogen-bond acceptors (Lipinski definition) is 8. The lowest BCUT2D eigenvalue weighted by Crippen LogP contribution is -2.29. The Hall–Kier alpha value is -1.25. The molecule has 0 aromatic heterocycles. The molecule has 0 amide bonds. The predicted molar refractivity (Wildman–Crippen MR) is 206 cm³/mol. The highest BCUT2D eigenvalue weighted by molar-refractivity contribution is 7.47. The minimum Gasteiger partial charge on any atom is -0.462 e. The van der Waals surface area contributed by atoms with Crippen LogP contribution in [0.15, 0.2) is 12.2 Å². The molecule has 0 bridgehead atoms. The maximum absolute atomic E-state index is 12.5. The molecule has 296 valence electrons. The van der Waals surface area contributed by atoms with E-state index >= 15 is 0 Å². The number of hydrogen-bond donors (Lipinski definition) is 2. The first kappa shape index (κ1) is 48.8. The van der Waals surface area contributed by atoms with Crippen LogP contribution in [0, 0.1) is 0 Å². The summed E-state index contributed by atoms with van der Waals surface area (Å²) < 4.78 is 32.7. The molecule has 0 aliphatic heterocycles. The summed E-state index contributed by atoms with van der Waals surface area (Å²) in [5, 5.41) is 0. The highest BCUT2D eigenvalue weighted by Gasteiger charge is 2.26. The van der Waals surface area contributed by atoms with Gasteiger partial charge in [-0.2, -0.15) is 0 Å². The second kappa shape index (κ2) is 37.5. The van der Waals surface area contributed by atoms with Crippen LogP contribution in [0.3, 0.4) is 0 Å². The maximum atomic E-state index is 12.5. The molecule has 0 aromatic carbocycles. The Kier molecular flexibility index (Phi) is 36.6. The quantitative estimate of drug-likeness (QED) is 0.0274. The SMILES string of the molecule is CCCCCCCC/C=C/CCCCCC(=O)OC[C@H](COP(=O)(O)OCCN)OC(=O)CCCCCCCCCCCCCCCCCC. The van der Waals surface area contributed by atoms with E-state index in [-0.39, 0.29) is 32.6 Å². The second-order valence-corrected chi connectivity index (χ2v) is 15.3. The van der Waals surface area contributed by atoms with Crippen molar-refractivity contribution >= 4 is 19.8 Å². The van der Waals surface area contributed by atoms with Crippen molar-refractivity contribution in [3.8, 4) is 0 Å². The van der Waals surface area contributed by atoms with Crippen LogP contribution >= 0.6 is 7.82 Å². The van der Waals surface area contributed by atoms with Gasteiger partial charge in [-0.25, -0.2) is 4.57 Å². The molecule has 0 saturated heterocycles. The standard InChI is InChI=1S/C40H78NO8P/c1-3-5-7-9-11-13-15-17-18-19-21-23-25-27-29-31-33-40(43)49-38(37-48-50(44,45)47-35-34-41)36-46-39(42)32-30-28-26-24-22-20-16-14-12-10-8-6-4-2/h20,22,38H,3-19,21,23-37,41H2,1-2H3,(H,44,45)/b22-20+/t38-/m1/s1. The molecule has 9 nitrogen and oxygen atoms in total. The summed E-state index contributed by atoms with van der Waals surface area (Å²) in [7, 11) is -4.37. The molecule has 1 unspecified atom stereocenters. The van der Waals surface area contributed by atoms with Crippen LogP contribution in [0.2, 0.25) is 0 Å². The minimum atomic E-state index is -4.37. The fraction of sp³-hybridized carbons (Fsp3) is 0.900. The van der Waals surface area contributed by atoms with Gasteiger partial charge in [0, 0.05) is 19.4 Å². The average Bonchev–Trinajstić information content (AvgIpc) is 3.10. The predicted octanol–water partition coefficient (Wildman–Crippen LogP) is 11.4. The Labute approximate surface area is 307 Å². The van der Waals surface area contributed by atoms with E-state index < -0.39 is 32.5 Å². The van der Waals surface area contributed by atoms with Gasteiger partial charge in [0.15, 0.2) is 6.10 Å². The van der Waals surface area contributed by atoms with Crippen LogP contribution in [0.1, 0.15) is 200 Å². The van der Waals surface area contributed by atoms with Gasteiger partial charge >= 0.3 is 19.8 Å². The van der Waals surface area contributed by atoms with Crippen molar-refractivity contribution in [3.63, 3.8) is 0 Å². The molecule has 2 atom stereocenters. The van der Waals surface area contributed by atoms with Crippen LogP contribution in [0.5, 0.6) is 0 Å². The van der Waals surface area contributed by atoms with E-state index in [4.69, 9.17) is 24.3 Å². The van der Waals surface area contributed by atoms with Crippen molar-refractivity contribution in [3.05, 3.63) is 12.2 Å². The molecule has 0 radical (unpaired) electrons. The Bertz CT molecular complexity index is 840. The van der Waals surface area contributed by atoms with Crippen molar-refractivity contribution in [2.24, 2.45) is 5.73 Å². The number of carbonyl (C=O) groups excluding carboxylic acids is 2. The summed E-state index contributed by atoms with van der Waals surface area (Å²) >= 11 is 0. The molecule has 0 rings (SSSR count). The zero-order valence-electron chi connectivity index (χ0n) is 32.4. The summed E-state index contributed by atoms with van der Waals surface area (Å²) in [5.41, 5.74) is 5.34. The number of esters is 2. The van der Waals surface area contributed by atoms with Gasteiger partial charge in [-0.1, -0.05) is 161 Å². The van der Waals surface area contributed by atoms with Crippen molar-refractivity contribution in [1.29, 1.82) is 0 Å². The Morgan fingerprint density at radius 2 is 0.980 bits per heavy atom. The van der Waals surface area contributed by atoms with Crippen LogP contribution in [0.4, 0.5) is 0 Å². The first-order valence-electron chi connectivity index (χ1n) is 20.7. The molecule has 10 heteroatoms. The van der Waals surface area contributed by atoms with Gasteiger partial charge in [-0.15, -0.1) is 0 Å². The first-order chi connectivity index (χ1) is 24.3. The van der Waals surface area contributed by atoms with Crippen molar-refractivity contribution in [2.75, 3.05) is 26.4 Å². The number of phosphoric ester groups is 1. The zero-order valence-corrected chi connectivity index (χ0v) is 33.3. The summed E-state index contributed by atoms with van der Waals surface area (Å²) in [4.78, 5) is 34.8. The van der Waals surface area contributed by atoms with E-state index in [9.17, 15) is 19.0 Å². The topological polar surface area (TPSA) is 134 Å². The number of unbranched alkanes of at least 4 members (excludes halogenated alkanes) is 24. The molecule has 0 heterocycles. The minimum absolute atomic E-state index is 0.0543. The Balaban J connectivity index is 4.17. The van der Waals surface area contributed by atoms with Crippen LogP contribution < -0.4 is 5.73 Å². The number of ether oxygens (including phenoxy) is 2.